The number of hydrogen-bond acceptors (Lipinski definition) is 10. The standard InChI is InChI=1S/C20H35N3O2.C12H17N3O.C7H13NO2.C5H6N2.CH2Cl2/c1-22-14-8-9-16(15-22)19(24)23(18-12-6-3-7-13-18)20(25)21-17-10-4-2-5-11-17;1-15-7-3-4-10(9-15)12(16)14-11-5-2-6-13-8-11;1-8-4-2-3-6(5-8)7(9)10;6-5-2-1-3-7-4-5;2-1-3/h16-18H,2-15H2,1H3,(H,21,25);2,5-6,8,10H,3-4,7,9H2,1H3,(H,14,16);6H,2-5H2,1H3,(H,9,10);1-4H,6H2;1H2/t16-;10-;6-;;/m111../s1. The van der Waals surface area contributed by atoms with Crippen LogP contribution in [0.2, 0.25) is 0 Å². The number of imide groups is 1. The average Bonchev–Trinajstić information content (AvgIpc) is 3.26. The van der Waals surface area contributed by atoms with Crippen LogP contribution in [0.15, 0.2) is 49.1 Å². The number of alkyl halides is 2. The Morgan fingerprint density at radius 3 is 1.66 bits per heavy atom. The zero-order chi connectivity index (χ0) is 44.4. The van der Waals surface area contributed by atoms with Crippen LogP contribution >= 0.6 is 23.2 Å². The van der Waals surface area contributed by atoms with Crippen LogP contribution < -0.4 is 16.4 Å². The van der Waals surface area contributed by atoms with Crippen molar-refractivity contribution in [2.45, 2.75) is 115 Å². The van der Waals surface area contributed by atoms with Gasteiger partial charge in [0.05, 0.1) is 40.7 Å². The predicted molar refractivity (Wildman–Crippen MR) is 246 cm³/mol. The van der Waals surface area contributed by atoms with Crippen LogP contribution in [0.1, 0.15) is 103 Å². The number of nitrogen functional groups attached to an aromatic ring is 1. The molecular formula is C45H73Cl2N9O5. The number of aliphatic carboxylic acids is 1. The summed E-state index contributed by atoms with van der Waals surface area (Å²) in [5, 5.41) is 14.9. The summed E-state index contributed by atoms with van der Waals surface area (Å²) in [5.74, 6) is -0.492. The molecule has 0 spiro atoms. The number of nitrogens with one attached hydrogen (secondary N) is 2. The Bertz CT molecular complexity index is 1540. The molecule has 3 saturated heterocycles. The van der Waals surface area contributed by atoms with Crippen LogP contribution in [0.4, 0.5) is 16.2 Å². The van der Waals surface area contributed by atoms with E-state index in [2.05, 4.69) is 49.4 Å². The summed E-state index contributed by atoms with van der Waals surface area (Å²) in [5.41, 5.74) is 6.78. The van der Waals surface area contributed by atoms with Gasteiger partial charge in [-0.3, -0.25) is 29.3 Å². The van der Waals surface area contributed by atoms with Gasteiger partial charge < -0.3 is 36.2 Å². The molecule has 5 fully saturated rings. The number of nitrogens with two attached hydrogens (primary N) is 1. The van der Waals surface area contributed by atoms with Crippen LogP contribution in [-0.2, 0) is 14.4 Å². The minimum Gasteiger partial charge on any atom is -0.481 e. The van der Waals surface area contributed by atoms with E-state index in [0.29, 0.717) is 5.69 Å². The Labute approximate surface area is 374 Å². The lowest BCUT2D eigenvalue weighted by atomic mass is 9.91. The van der Waals surface area contributed by atoms with Gasteiger partial charge in [0.15, 0.2) is 0 Å². The third-order valence-electron chi connectivity index (χ3n) is 11.9. The van der Waals surface area contributed by atoms with Crippen molar-refractivity contribution >= 4 is 58.4 Å². The van der Waals surface area contributed by atoms with E-state index in [1.54, 1.807) is 41.8 Å². The SMILES string of the molecule is CN1CCC[C@@H](C(=O)N(C(=O)NC2CCCCC2)C2CCCCC2)C1.CN1CCC[C@@H](C(=O)Nc2cccnc2)C1.CN1CCC[C@@H](C(=O)O)C1.ClCCl.Nc1cccnc1. The van der Waals surface area contributed by atoms with E-state index < -0.39 is 5.97 Å². The molecule has 5 N–H and O–H groups in total. The van der Waals surface area contributed by atoms with E-state index in [0.717, 1.165) is 122 Å². The largest absolute Gasteiger partial charge is 0.481 e. The van der Waals surface area contributed by atoms with Crippen molar-refractivity contribution < 1.29 is 24.3 Å². The number of rotatable bonds is 6. The van der Waals surface area contributed by atoms with Gasteiger partial charge in [-0.25, -0.2) is 4.79 Å². The summed E-state index contributed by atoms with van der Waals surface area (Å²) in [6.45, 7) is 5.56. The fraction of sp³-hybridized carbons (Fsp3) is 0.689. The molecule has 3 atom stereocenters. The number of amides is 4. The van der Waals surface area contributed by atoms with Gasteiger partial charge >= 0.3 is 12.0 Å². The summed E-state index contributed by atoms with van der Waals surface area (Å²) >= 11 is 9.53. The second-order valence-corrected chi connectivity index (χ2v) is 17.9. The first-order valence-corrected chi connectivity index (χ1v) is 23.4. The van der Waals surface area contributed by atoms with E-state index in [-0.39, 0.29) is 53.0 Å². The number of carbonyl (C=O) groups is 4. The maximum atomic E-state index is 13.3. The minimum atomic E-state index is -0.647. The second-order valence-electron chi connectivity index (χ2n) is 17.0. The molecule has 61 heavy (non-hydrogen) atoms. The maximum absolute atomic E-state index is 13.3. The lowest BCUT2D eigenvalue weighted by Crippen LogP contribution is -2.56. The average molecular weight is 891 g/mol. The molecule has 0 radical (unpaired) electrons. The highest BCUT2D eigenvalue weighted by molar-refractivity contribution is 6.40. The molecule has 2 aromatic heterocycles. The van der Waals surface area contributed by atoms with E-state index in [9.17, 15) is 19.2 Å². The van der Waals surface area contributed by atoms with E-state index >= 15 is 0 Å². The van der Waals surface area contributed by atoms with Crippen LogP contribution in [0.3, 0.4) is 0 Å². The molecule has 7 rings (SSSR count). The highest BCUT2D eigenvalue weighted by atomic mass is 35.5. The first-order valence-electron chi connectivity index (χ1n) is 22.3. The van der Waals surface area contributed by atoms with Crippen molar-refractivity contribution in [2.24, 2.45) is 17.8 Å². The number of carbonyl (C=O) groups excluding carboxylic acids is 3. The lowest BCUT2D eigenvalue weighted by molar-refractivity contribution is -0.143. The number of anilines is 2. The first kappa shape index (κ1) is 51.8. The number of carboxylic acid groups (broad SMARTS) is 1. The Kier molecular flexibility index (Phi) is 25.2. The van der Waals surface area contributed by atoms with Crippen molar-refractivity contribution in [2.75, 3.05) is 76.8 Å². The van der Waals surface area contributed by atoms with Crippen molar-refractivity contribution in [3.05, 3.63) is 49.1 Å². The van der Waals surface area contributed by atoms with Gasteiger partial charge in [-0.15, -0.1) is 23.2 Å². The van der Waals surface area contributed by atoms with Gasteiger partial charge in [0, 0.05) is 50.3 Å². The van der Waals surface area contributed by atoms with E-state index in [1.165, 1.54) is 25.7 Å². The fourth-order valence-electron chi connectivity index (χ4n) is 8.65. The highest BCUT2D eigenvalue weighted by Crippen LogP contribution is 2.27. The number of hydrogen-bond donors (Lipinski definition) is 4. The number of pyridine rings is 2. The Balaban J connectivity index is 0.000000234. The van der Waals surface area contributed by atoms with E-state index in [4.69, 9.17) is 34.0 Å². The molecule has 16 heteroatoms. The molecule has 3 aliphatic heterocycles. The Hall–Kier alpha value is -3.56. The van der Waals surface area contributed by atoms with Crippen molar-refractivity contribution in [1.29, 1.82) is 0 Å². The van der Waals surface area contributed by atoms with Crippen LogP contribution in [0, 0.1) is 17.8 Å². The molecule has 342 valence electrons. The van der Waals surface area contributed by atoms with Gasteiger partial charge in [-0.1, -0.05) is 38.5 Å². The number of carboxylic acids is 1. The number of nitrogens with zero attached hydrogens (tertiary/aromatic N) is 6. The highest BCUT2D eigenvalue weighted by Gasteiger charge is 2.37. The quantitative estimate of drug-likeness (QED) is 0.213. The minimum absolute atomic E-state index is 0.0159. The Morgan fingerprint density at radius 1 is 0.705 bits per heavy atom. The normalized spacial score (nSPS) is 22.7. The fourth-order valence-corrected chi connectivity index (χ4v) is 8.65. The molecule has 0 aromatic carbocycles. The van der Waals surface area contributed by atoms with Gasteiger partial charge in [-0.05, 0) is 129 Å². The molecule has 2 saturated carbocycles. The van der Waals surface area contributed by atoms with Gasteiger partial charge in [0.1, 0.15) is 0 Å². The summed E-state index contributed by atoms with van der Waals surface area (Å²) in [6, 6.07) is 7.53. The zero-order valence-corrected chi connectivity index (χ0v) is 38.4. The number of aromatic nitrogens is 2. The maximum Gasteiger partial charge on any atom is 0.324 e. The molecule has 2 aliphatic carbocycles. The van der Waals surface area contributed by atoms with Crippen LogP contribution in [-0.4, -0.2) is 136 Å². The smallest absolute Gasteiger partial charge is 0.324 e. The third kappa shape index (κ3) is 20.5. The van der Waals surface area contributed by atoms with Crippen LogP contribution in [0.25, 0.3) is 0 Å². The van der Waals surface area contributed by atoms with Crippen molar-refractivity contribution in [3.63, 3.8) is 0 Å². The van der Waals surface area contributed by atoms with Crippen molar-refractivity contribution in [1.82, 2.24) is 34.9 Å². The molecule has 5 aliphatic rings. The summed E-state index contributed by atoms with van der Waals surface area (Å²) < 4.78 is 0. The van der Waals surface area contributed by atoms with Crippen molar-refractivity contribution in [3.8, 4) is 0 Å². The molecule has 4 amide bonds. The first-order chi connectivity index (χ1) is 29.4. The summed E-state index contributed by atoms with van der Waals surface area (Å²) in [4.78, 5) is 64.6. The molecule has 14 nitrogen and oxygen atoms in total. The lowest BCUT2D eigenvalue weighted by Gasteiger charge is -2.38. The molecule has 2 aromatic rings. The third-order valence-corrected chi connectivity index (χ3v) is 11.9. The zero-order valence-electron chi connectivity index (χ0n) is 36.9. The van der Waals surface area contributed by atoms with Gasteiger partial charge in [-0.2, -0.15) is 0 Å². The molecule has 0 unspecified atom stereocenters. The summed E-state index contributed by atoms with van der Waals surface area (Å²) in [7, 11) is 6.10. The van der Waals surface area contributed by atoms with E-state index in [1.807, 2.05) is 19.2 Å². The number of halogens is 2. The molecule has 0 bridgehead atoms. The summed E-state index contributed by atoms with van der Waals surface area (Å²) in [6.07, 6.45) is 23.8. The monoisotopic (exact) mass is 890 g/mol. The number of piperidine rings is 3. The predicted octanol–water partition coefficient (Wildman–Crippen LogP) is 7.39. The molecule has 5 heterocycles. The Morgan fingerprint density at radius 2 is 1.20 bits per heavy atom. The number of urea groups is 1. The number of likely N-dealkylation sites (tertiary alicyclic amines) is 3. The molecular weight excluding hydrogens is 817 g/mol. The topological polar surface area (TPSA) is 177 Å². The second kappa shape index (κ2) is 29.7. The van der Waals surface area contributed by atoms with Crippen LogP contribution in [0.5, 0.6) is 0 Å². The van der Waals surface area contributed by atoms with Gasteiger partial charge in [0.2, 0.25) is 11.8 Å². The van der Waals surface area contributed by atoms with Gasteiger partial charge in [0.25, 0.3) is 0 Å².